The minimum atomic E-state index is -0.471. The number of benzene rings is 1. The van der Waals surface area contributed by atoms with Crippen molar-refractivity contribution in [3.63, 3.8) is 0 Å². The maximum Gasteiger partial charge on any atom is 0.339 e. The van der Waals surface area contributed by atoms with Crippen LogP contribution in [0.3, 0.4) is 0 Å². The fourth-order valence-electron chi connectivity index (χ4n) is 4.18. The van der Waals surface area contributed by atoms with Crippen molar-refractivity contribution in [1.82, 2.24) is 0 Å². The number of Topliss-reactive ketones (excluding diaryl/α,β-unsaturated/α-hetero) is 1. The standard InChI is InChI=1S/C22H32N2O4.CH2O2/c1-5-9-19(25)17-11-8-13-24(6-2,14-17)15-20(26)23-21-16(3)10-7-12-18(21)22(27)28-4;2-1-3/h7,10,12,17H,5-6,8-9,11,13-15H2,1-4H3;1H,(H,2,3)/p+1. The minimum Gasteiger partial charge on any atom is -0.483 e. The van der Waals surface area contributed by atoms with Gasteiger partial charge in [0.1, 0.15) is 5.78 Å². The van der Waals surface area contributed by atoms with Gasteiger partial charge in [0.05, 0.1) is 43.9 Å². The van der Waals surface area contributed by atoms with Crippen molar-refractivity contribution in [3.8, 4) is 0 Å². The zero-order valence-corrected chi connectivity index (χ0v) is 19.0. The Kier molecular flexibility index (Phi) is 10.9. The van der Waals surface area contributed by atoms with Crippen molar-refractivity contribution in [2.75, 3.05) is 38.6 Å². The fourth-order valence-corrected chi connectivity index (χ4v) is 4.18. The Labute approximate surface area is 184 Å². The van der Waals surface area contributed by atoms with Crippen LogP contribution < -0.4 is 5.32 Å². The van der Waals surface area contributed by atoms with Gasteiger partial charge in [0, 0.05) is 6.42 Å². The topological polar surface area (TPSA) is 110 Å². The summed E-state index contributed by atoms with van der Waals surface area (Å²) in [6.07, 6.45) is 3.36. The smallest absolute Gasteiger partial charge is 0.339 e. The summed E-state index contributed by atoms with van der Waals surface area (Å²) < 4.78 is 5.45. The molecule has 1 aliphatic heterocycles. The minimum absolute atomic E-state index is 0.0468. The Morgan fingerprint density at radius 1 is 1.29 bits per heavy atom. The molecular formula is C23H35N2O6+. The van der Waals surface area contributed by atoms with Gasteiger partial charge in [0.2, 0.25) is 0 Å². The zero-order valence-electron chi connectivity index (χ0n) is 19.0. The second-order valence-electron chi connectivity index (χ2n) is 7.92. The van der Waals surface area contributed by atoms with E-state index >= 15 is 0 Å². The average Bonchev–Trinajstić information content (AvgIpc) is 2.75. The number of para-hydroxylation sites is 1. The summed E-state index contributed by atoms with van der Waals surface area (Å²) in [6.45, 7) is 8.44. The number of nitrogens with one attached hydrogen (secondary N) is 1. The molecular weight excluding hydrogens is 400 g/mol. The molecule has 2 N–H and O–H groups in total. The van der Waals surface area contributed by atoms with Gasteiger partial charge in [-0.25, -0.2) is 4.79 Å². The number of hydrogen-bond donors (Lipinski definition) is 2. The first-order valence-electron chi connectivity index (χ1n) is 10.7. The highest BCUT2D eigenvalue weighted by molar-refractivity contribution is 6.02. The van der Waals surface area contributed by atoms with Gasteiger partial charge in [-0.05, 0) is 44.7 Å². The lowest BCUT2D eigenvalue weighted by molar-refractivity contribution is -0.925. The van der Waals surface area contributed by atoms with Crippen LogP contribution in [0.1, 0.15) is 55.5 Å². The van der Waals surface area contributed by atoms with Crippen molar-refractivity contribution >= 4 is 29.8 Å². The molecule has 0 aliphatic carbocycles. The van der Waals surface area contributed by atoms with Crippen molar-refractivity contribution < 1.29 is 33.5 Å². The lowest BCUT2D eigenvalue weighted by Gasteiger charge is -2.43. The van der Waals surface area contributed by atoms with E-state index in [9.17, 15) is 14.4 Å². The molecule has 8 heteroatoms. The Hall–Kier alpha value is -2.74. The number of carboxylic acid groups (broad SMARTS) is 1. The Morgan fingerprint density at radius 3 is 2.55 bits per heavy atom. The maximum absolute atomic E-state index is 12.9. The Bertz CT molecular complexity index is 779. The number of ether oxygens (including phenoxy) is 1. The Balaban J connectivity index is 0.00000151. The number of carbonyl (C=O) groups excluding carboxylic acids is 3. The van der Waals surface area contributed by atoms with E-state index in [0.29, 0.717) is 34.5 Å². The monoisotopic (exact) mass is 435 g/mol. The number of likely N-dealkylation sites (N-methyl/N-ethyl adjacent to an activating group) is 1. The number of anilines is 1. The van der Waals surface area contributed by atoms with E-state index in [1.807, 2.05) is 19.9 Å². The number of amides is 1. The molecule has 1 amide bonds. The molecule has 2 atom stereocenters. The van der Waals surface area contributed by atoms with Crippen LogP contribution in [-0.4, -0.2) is 67.0 Å². The maximum atomic E-state index is 12.9. The molecule has 1 aromatic carbocycles. The number of rotatable bonds is 8. The molecule has 1 saturated heterocycles. The summed E-state index contributed by atoms with van der Waals surface area (Å²) in [5, 5.41) is 9.82. The van der Waals surface area contributed by atoms with E-state index in [1.54, 1.807) is 12.1 Å². The van der Waals surface area contributed by atoms with Crippen LogP contribution in [0.5, 0.6) is 0 Å². The fraction of sp³-hybridized carbons (Fsp3) is 0.565. The number of methoxy groups -OCH3 is 1. The first-order valence-corrected chi connectivity index (χ1v) is 10.7. The van der Waals surface area contributed by atoms with Crippen molar-refractivity contribution in [2.24, 2.45) is 5.92 Å². The summed E-state index contributed by atoms with van der Waals surface area (Å²) in [5.41, 5.74) is 1.67. The van der Waals surface area contributed by atoms with Gasteiger partial charge in [0.25, 0.3) is 12.4 Å². The second kappa shape index (κ2) is 12.8. The van der Waals surface area contributed by atoms with Crippen LogP contribution in [0.15, 0.2) is 18.2 Å². The molecule has 0 bridgehead atoms. The van der Waals surface area contributed by atoms with Crippen LogP contribution >= 0.6 is 0 Å². The predicted octanol–water partition coefficient (Wildman–Crippen LogP) is 3.04. The van der Waals surface area contributed by atoms with Gasteiger partial charge < -0.3 is 19.6 Å². The number of likely N-dealkylation sites (tertiary alicyclic amines) is 1. The van der Waals surface area contributed by atoms with Crippen molar-refractivity contribution in [2.45, 2.75) is 46.5 Å². The first kappa shape index (κ1) is 26.3. The number of esters is 1. The highest BCUT2D eigenvalue weighted by atomic mass is 16.5. The van der Waals surface area contributed by atoms with Crippen LogP contribution in [0, 0.1) is 12.8 Å². The second-order valence-corrected chi connectivity index (χ2v) is 7.92. The van der Waals surface area contributed by atoms with Crippen molar-refractivity contribution in [1.29, 1.82) is 0 Å². The molecule has 0 radical (unpaired) electrons. The van der Waals surface area contributed by atoms with Crippen LogP contribution in [0.2, 0.25) is 0 Å². The van der Waals surface area contributed by atoms with Gasteiger partial charge in [-0.1, -0.05) is 19.1 Å². The molecule has 172 valence electrons. The predicted molar refractivity (Wildman–Crippen MR) is 118 cm³/mol. The lowest BCUT2D eigenvalue weighted by atomic mass is 9.89. The molecule has 1 aliphatic rings. The molecule has 0 aromatic heterocycles. The SMILES string of the molecule is CCCC(=O)C1CCC[N+](CC)(CC(=O)Nc2c(C)cccc2C(=O)OC)C1.O=CO. The van der Waals surface area contributed by atoms with Gasteiger partial charge >= 0.3 is 5.97 Å². The summed E-state index contributed by atoms with van der Waals surface area (Å²) in [6, 6.07) is 5.28. The van der Waals surface area contributed by atoms with Gasteiger partial charge in [0.15, 0.2) is 6.54 Å². The summed E-state index contributed by atoms with van der Waals surface area (Å²) in [4.78, 5) is 45.7. The number of ketones is 1. The Morgan fingerprint density at radius 2 is 1.97 bits per heavy atom. The molecule has 8 nitrogen and oxygen atoms in total. The lowest BCUT2D eigenvalue weighted by Crippen LogP contribution is -2.58. The highest BCUT2D eigenvalue weighted by Gasteiger charge is 2.38. The zero-order chi connectivity index (χ0) is 23.4. The first-order chi connectivity index (χ1) is 14.8. The molecule has 0 saturated carbocycles. The van der Waals surface area contributed by atoms with E-state index in [2.05, 4.69) is 12.2 Å². The van der Waals surface area contributed by atoms with E-state index in [-0.39, 0.29) is 18.3 Å². The number of nitrogens with zero attached hydrogens (tertiary/aromatic N) is 1. The number of aryl methyl sites for hydroxylation is 1. The van der Waals surface area contributed by atoms with E-state index in [1.165, 1.54) is 7.11 Å². The number of piperidine rings is 1. The summed E-state index contributed by atoms with van der Waals surface area (Å²) in [7, 11) is 1.33. The van der Waals surface area contributed by atoms with Crippen LogP contribution in [-0.2, 0) is 19.1 Å². The number of hydrogen-bond acceptors (Lipinski definition) is 5. The quantitative estimate of drug-likeness (QED) is 0.369. The molecule has 31 heavy (non-hydrogen) atoms. The third-order valence-corrected chi connectivity index (χ3v) is 5.84. The summed E-state index contributed by atoms with van der Waals surface area (Å²) in [5.74, 6) is -0.234. The third kappa shape index (κ3) is 7.47. The molecule has 1 aromatic rings. The van der Waals surface area contributed by atoms with Crippen molar-refractivity contribution in [3.05, 3.63) is 29.3 Å². The number of quaternary nitrogens is 1. The summed E-state index contributed by atoms with van der Waals surface area (Å²) >= 11 is 0. The highest BCUT2D eigenvalue weighted by Crippen LogP contribution is 2.26. The van der Waals surface area contributed by atoms with E-state index in [0.717, 1.165) is 44.5 Å². The number of carbonyl (C=O) groups is 4. The van der Waals surface area contributed by atoms with Crippen LogP contribution in [0.25, 0.3) is 0 Å². The normalized spacial score (nSPS) is 20.1. The van der Waals surface area contributed by atoms with Gasteiger partial charge in [-0.2, -0.15) is 0 Å². The van der Waals surface area contributed by atoms with E-state index in [4.69, 9.17) is 14.6 Å². The molecule has 2 rings (SSSR count). The molecule has 1 fully saturated rings. The molecule has 2 unspecified atom stereocenters. The van der Waals surface area contributed by atoms with E-state index < -0.39 is 5.97 Å². The molecule has 0 spiro atoms. The molecule has 1 heterocycles. The largest absolute Gasteiger partial charge is 0.483 e. The van der Waals surface area contributed by atoms with Gasteiger partial charge in [-0.3, -0.25) is 14.4 Å². The van der Waals surface area contributed by atoms with Crippen LogP contribution in [0.4, 0.5) is 5.69 Å². The average molecular weight is 436 g/mol. The third-order valence-electron chi connectivity index (χ3n) is 5.84. The van der Waals surface area contributed by atoms with Gasteiger partial charge in [-0.15, -0.1) is 0 Å².